The van der Waals surface area contributed by atoms with Crippen LogP contribution in [0.5, 0.6) is 0 Å². The van der Waals surface area contributed by atoms with Crippen molar-refractivity contribution in [2.45, 2.75) is 88.6 Å². The Bertz CT molecular complexity index is 665. The van der Waals surface area contributed by atoms with Crippen LogP contribution >= 0.6 is 11.8 Å². The van der Waals surface area contributed by atoms with E-state index in [9.17, 15) is 5.11 Å². The summed E-state index contributed by atoms with van der Waals surface area (Å²) in [7, 11) is 0. The third-order valence-corrected chi connectivity index (χ3v) is 6.35. The number of aryl methyl sites for hydroxylation is 1. The van der Waals surface area contributed by atoms with E-state index in [2.05, 4.69) is 60.9 Å². The Morgan fingerprint density at radius 2 is 1.41 bits per heavy atom. The standard InChI is InChI=1S/C27H38OS/c1-2-3-4-5-6-7-8-13-18-25(23-29-26-19-14-10-15-20-26)27(28)22-21-24-16-11-9-12-17-24/h9-12,14-17,19-20,23,27-28H,2-8,13,18,21-22H2,1H3. The van der Waals surface area contributed by atoms with Gasteiger partial charge >= 0.3 is 0 Å². The van der Waals surface area contributed by atoms with Gasteiger partial charge in [0, 0.05) is 4.90 Å². The largest absolute Gasteiger partial charge is 0.389 e. The van der Waals surface area contributed by atoms with Crippen LogP contribution in [0.1, 0.15) is 76.7 Å². The molecule has 0 amide bonds. The summed E-state index contributed by atoms with van der Waals surface area (Å²) < 4.78 is 0. The van der Waals surface area contributed by atoms with Crippen molar-refractivity contribution in [2.75, 3.05) is 0 Å². The second-order valence-corrected chi connectivity index (χ2v) is 8.83. The quantitative estimate of drug-likeness (QED) is 0.236. The summed E-state index contributed by atoms with van der Waals surface area (Å²) >= 11 is 1.73. The first-order chi connectivity index (χ1) is 14.3. The van der Waals surface area contributed by atoms with Crippen LogP contribution in [-0.2, 0) is 6.42 Å². The van der Waals surface area contributed by atoms with E-state index in [-0.39, 0.29) is 6.10 Å². The highest BCUT2D eigenvalue weighted by Gasteiger charge is 2.11. The van der Waals surface area contributed by atoms with Gasteiger partial charge in [-0.2, -0.15) is 0 Å². The highest BCUT2D eigenvalue weighted by atomic mass is 32.2. The second kappa shape index (κ2) is 15.3. The van der Waals surface area contributed by atoms with Crippen LogP contribution in [0.15, 0.2) is 76.5 Å². The van der Waals surface area contributed by atoms with Crippen molar-refractivity contribution in [3.05, 3.63) is 77.2 Å². The Morgan fingerprint density at radius 3 is 2.07 bits per heavy atom. The first-order valence-corrected chi connectivity index (χ1v) is 12.3. The predicted octanol–water partition coefficient (Wildman–Crippen LogP) is 8.19. The maximum absolute atomic E-state index is 10.9. The summed E-state index contributed by atoms with van der Waals surface area (Å²) in [6, 6.07) is 20.9. The highest BCUT2D eigenvalue weighted by molar-refractivity contribution is 8.02. The zero-order chi connectivity index (χ0) is 20.6. The molecule has 0 spiro atoms. The molecule has 0 fully saturated rings. The van der Waals surface area contributed by atoms with E-state index in [1.54, 1.807) is 11.8 Å². The van der Waals surface area contributed by atoms with Gasteiger partial charge in [0.2, 0.25) is 0 Å². The van der Waals surface area contributed by atoms with Crippen molar-refractivity contribution in [1.82, 2.24) is 0 Å². The van der Waals surface area contributed by atoms with Gasteiger partial charge < -0.3 is 5.11 Å². The van der Waals surface area contributed by atoms with Crippen LogP contribution in [0.3, 0.4) is 0 Å². The molecular weight excluding hydrogens is 372 g/mol. The van der Waals surface area contributed by atoms with Crippen LogP contribution in [0.25, 0.3) is 0 Å². The molecule has 2 heteroatoms. The summed E-state index contributed by atoms with van der Waals surface area (Å²) in [6.45, 7) is 2.27. The summed E-state index contributed by atoms with van der Waals surface area (Å²) in [6.07, 6.45) is 12.9. The van der Waals surface area contributed by atoms with Gasteiger partial charge in [0.15, 0.2) is 0 Å². The van der Waals surface area contributed by atoms with E-state index in [0.717, 1.165) is 19.3 Å². The molecule has 0 aliphatic rings. The van der Waals surface area contributed by atoms with Crippen molar-refractivity contribution >= 4 is 11.8 Å². The Kier molecular flexibility index (Phi) is 12.6. The first-order valence-electron chi connectivity index (χ1n) is 11.4. The molecule has 158 valence electrons. The average Bonchev–Trinajstić information content (AvgIpc) is 2.77. The second-order valence-electron chi connectivity index (χ2n) is 7.89. The molecule has 0 saturated heterocycles. The molecule has 2 aromatic carbocycles. The molecule has 1 atom stereocenters. The van der Waals surface area contributed by atoms with Crippen LogP contribution in [-0.4, -0.2) is 11.2 Å². The Labute approximate surface area is 182 Å². The van der Waals surface area contributed by atoms with Gasteiger partial charge in [-0.05, 0) is 54.4 Å². The lowest BCUT2D eigenvalue weighted by molar-refractivity contribution is 0.196. The number of unbranched alkanes of at least 4 members (excludes halogenated alkanes) is 7. The molecule has 0 saturated carbocycles. The van der Waals surface area contributed by atoms with E-state index in [1.807, 2.05) is 12.1 Å². The minimum atomic E-state index is -0.351. The van der Waals surface area contributed by atoms with E-state index in [4.69, 9.17) is 0 Å². The molecule has 0 heterocycles. The van der Waals surface area contributed by atoms with Crippen LogP contribution in [0.2, 0.25) is 0 Å². The molecular formula is C27H38OS. The molecule has 29 heavy (non-hydrogen) atoms. The zero-order valence-electron chi connectivity index (χ0n) is 18.1. The van der Waals surface area contributed by atoms with Gasteiger partial charge in [0.1, 0.15) is 0 Å². The smallest absolute Gasteiger partial charge is 0.0761 e. The van der Waals surface area contributed by atoms with Crippen molar-refractivity contribution < 1.29 is 5.11 Å². The number of hydrogen-bond acceptors (Lipinski definition) is 2. The maximum Gasteiger partial charge on any atom is 0.0761 e. The van der Waals surface area contributed by atoms with Gasteiger partial charge in [-0.3, -0.25) is 0 Å². The minimum Gasteiger partial charge on any atom is -0.389 e. The van der Waals surface area contributed by atoms with Crippen molar-refractivity contribution in [2.24, 2.45) is 0 Å². The summed E-state index contributed by atoms with van der Waals surface area (Å²) in [5, 5.41) is 13.1. The first kappa shape index (κ1) is 23.8. The molecule has 0 aromatic heterocycles. The molecule has 0 radical (unpaired) electrons. The topological polar surface area (TPSA) is 20.2 Å². The fourth-order valence-corrected chi connectivity index (χ4v) is 4.42. The zero-order valence-corrected chi connectivity index (χ0v) is 18.9. The van der Waals surface area contributed by atoms with Crippen LogP contribution < -0.4 is 0 Å². The minimum absolute atomic E-state index is 0.351. The lowest BCUT2D eigenvalue weighted by atomic mass is 9.98. The molecule has 0 aliphatic carbocycles. The van der Waals surface area contributed by atoms with Crippen molar-refractivity contribution in [3.8, 4) is 0 Å². The van der Waals surface area contributed by atoms with Crippen LogP contribution in [0, 0.1) is 0 Å². The highest BCUT2D eigenvalue weighted by Crippen LogP contribution is 2.26. The summed E-state index contributed by atoms with van der Waals surface area (Å²) in [5.41, 5.74) is 2.49. The predicted molar refractivity (Wildman–Crippen MR) is 128 cm³/mol. The molecule has 2 rings (SSSR count). The molecule has 0 bridgehead atoms. The number of benzene rings is 2. The normalized spacial score (nSPS) is 12.8. The van der Waals surface area contributed by atoms with E-state index >= 15 is 0 Å². The van der Waals surface area contributed by atoms with Gasteiger partial charge in [-0.1, -0.05) is 112 Å². The van der Waals surface area contributed by atoms with Gasteiger partial charge in [0.25, 0.3) is 0 Å². The number of hydrogen-bond donors (Lipinski definition) is 1. The third-order valence-electron chi connectivity index (χ3n) is 5.39. The molecule has 1 N–H and O–H groups in total. The molecule has 2 aromatic rings. The van der Waals surface area contributed by atoms with Gasteiger partial charge in [-0.15, -0.1) is 0 Å². The molecule has 1 nitrogen and oxygen atoms in total. The number of rotatable bonds is 15. The fourth-order valence-electron chi connectivity index (χ4n) is 3.54. The van der Waals surface area contributed by atoms with E-state index < -0.39 is 0 Å². The lowest BCUT2D eigenvalue weighted by Crippen LogP contribution is -2.11. The summed E-state index contributed by atoms with van der Waals surface area (Å²) in [5.74, 6) is 0. The fraction of sp³-hybridized carbons (Fsp3) is 0.481. The van der Waals surface area contributed by atoms with E-state index in [0.29, 0.717) is 0 Å². The molecule has 0 aliphatic heterocycles. The molecule has 1 unspecified atom stereocenters. The van der Waals surface area contributed by atoms with E-state index in [1.165, 1.54) is 67.4 Å². The van der Waals surface area contributed by atoms with Crippen LogP contribution in [0.4, 0.5) is 0 Å². The Balaban J connectivity index is 1.81. The van der Waals surface area contributed by atoms with Crippen molar-refractivity contribution in [3.63, 3.8) is 0 Å². The summed E-state index contributed by atoms with van der Waals surface area (Å²) in [4.78, 5) is 1.23. The third kappa shape index (κ3) is 10.7. The SMILES string of the molecule is CCCCCCCCCCC(=CSc1ccccc1)C(O)CCc1ccccc1. The maximum atomic E-state index is 10.9. The lowest BCUT2D eigenvalue weighted by Gasteiger charge is -2.16. The Morgan fingerprint density at radius 1 is 0.828 bits per heavy atom. The average molecular weight is 411 g/mol. The van der Waals surface area contributed by atoms with Gasteiger partial charge in [-0.25, -0.2) is 0 Å². The number of thioether (sulfide) groups is 1. The monoisotopic (exact) mass is 410 g/mol. The Hall–Kier alpha value is -1.51. The number of aliphatic hydroxyl groups is 1. The van der Waals surface area contributed by atoms with Gasteiger partial charge in [0.05, 0.1) is 6.10 Å². The number of aliphatic hydroxyl groups excluding tert-OH is 1. The van der Waals surface area contributed by atoms with Crippen molar-refractivity contribution in [1.29, 1.82) is 0 Å².